The molecular weight excluding hydrogens is 496 g/mol. The molecule has 0 spiro atoms. The van der Waals surface area contributed by atoms with Gasteiger partial charge in [0, 0.05) is 0 Å². The molecule has 0 aromatic carbocycles. The number of hydrogen-bond donors (Lipinski definition) is 8. The molecule has 198 valence electrons. The van der Waals surface area contributed by atoms with Crippen molar-refractivity contribution in [2.75, 3.05) is 0 Å². The second-order valence-electron chi connectivity index (χ2n) is 7.18. The summed E-state index contributed by atoms with van der Waals surface area (Å²) < 4.78 is -2.94. The minimum Gasteiger partial charge on any atom is -0.481 e. The molecule has 0 rings (SSSR count). The Morgan fingerprint density at radius 1 is 0.583 bits per heavy atom. The number of carboxylic acids is 5. The third-order valence-electron chi connectivity index (χ3n) is 4.37. The maximum absolute atomic E-state index is 13.2. The number of carbonyl (C=O) groups excluding carboxylic acids is 4. The highest BCUT2D eigenvalue weighted by Crippen LogP contribution is 2.22. The Morgan fingerprint density at radius 2 is 0.889 bits per heavy atom. The zero-order valence-electron chi connectivity index (χ0n) is 18.2. The van der Waals surface area contributed by atoms with Gasteiger partial charge in [0.05, 0.1) is 37.3 Å². The Labute approximate surface area is 200 Å². The minimum atomic E-state index is -2.94. The summed E-state index contributed by atoms with van der Waals surface area (Å²) in [6.45, 7) is 0. The fraction of sp³-hybridized carbons (Fsp3) is 0.389. The van der Waals surface area contributed by atoms with Crippen LogP contribution in [0.15, 0.2) is 11.6 Å². The first kappa shape index (κ1) is 31.6. The lowest BCUT2D eigenvalue weighted by Gasteiger charge is -2.32. The van der Waals surface area contributed by atoms with Crippen molar-refractivity contribution in [3.63, 3.8) is 0 Å². The van der Waals surface area contributed by atoms with Gasteiger partial charge in [-0.2, -0.15) is 0 Å². The van der Waals surface area contributed by atoms with Crippen LogP contribution in [-0.4, -0.2) is 102 Å². The number of hydrogen-bond acceptors (Lipinski definition) is 12. The molecule has 0 aliphatic carbocycles. The quantitative estimate of drug-likeness (QED) is 0.0843. The number of nitrogens with two attached hydrogens (primary N) is 3. The molecule has 0 fully saturated rings. The molecular formula is C18H23N4O14+. The molecule has 0 aromatic heterocycles. The van der Waals surface area contributed by atoms with E-state index in [-0.39, 0.29) is 6.08 Å². The second-order valence-corrected chi connectivity index (χ2v) is 7.18. The summed E-state index contributed by atoms with van der Waals surface area (Å²) in [6.07, 6.45) is -5.47. The van der Waals surface area contributed by atoms with Crippen LogP contribution in [-0.2, 0) is 43.2 Å². The van der Waals surface area contributed by atoms with Crippen LogP contribution in [0.3, 0.4) is 0 Å². The number of nitrogens with zero attached hydrogens (tertiary/aromatic N) is 1. The monoisotopic (exact) mass is 519 g/mol. The predicted molar refractivity (Wildman–Crippen MR) is 109 cm³/mol. The zero-order valence-corrected chi connectivity index (χ0v) is 18.2. The third-order valence-corrected chi connectivity index (χ3v) is 4.37. The number of carboxylic acid groups (broad SMARTS) is 5. The highest BCUT2D eigenvalue weighted by Gasteiger charge is 2.62. The lowest BCUT2D eigenvalue weighted by atomic mass is 10.0. The molecule has 3 atom stereocenters. The average Bonchev–Trinajstić information content (AvgIpc) is 2.71. The summed E-state index contributed by atoms with van der Waals surface area (Å²) in [5.74, 6) is -17.5. The summed E-state index contributed by atoms with van der Waals surface area (Å²) in [4.78, 5) is 108. The van der Waals surface area contributed by atoms with Crippen molar-refractivity contribution in [1.82, 2.24) is 0 Å². The highest BCUT2D eigenvalue weighted by atomic mass is 16.4. The molecule has 4 amide bonds. The highest BCUT2D eigenvalue weighted by molar-refractivity contribution is 6.17. The molecule has 0 saturated heterocycles. The van der Waals surface area contributed by atoms with Crippen molar-refractivity contribution in [3.8, 4) is 0 Å². The topological polar surface area (TPSA) is 333 Å². The van der Waals surface area contributed by atoms with Crippen LogP contribution in [0.4, 0.5) is 0 Å². The second kappa shape index (κ2) is 12.9. The number of carbonyl (C=O) groups is 9. The summed E-state index contributed by atoms with van der Waals surface area (Å²) >= 11 is 0. The van der Waals surface area contributed by atoms with Gasteiger partial charge in [0.25, 0.3) is 0 Å². The number of imide groups is 6. The molecule has 36 heavy (non-hydrogen) atoms. The molecule has 0 saturated carbocycles. The van der Waals surface area contributed by atoms with E-state index < -0.39 is 107 Å². The van der Waals surface area contributed by atoms with Crippen molar-refractivity contribution < 1.29 is 73.2 Å². The molecule has 11 N–H and O–H groups in total. The van der Waals surface area contributed by atoms with E-state index in [1.807, 2.05) is 0 Å². The molecule has 0 aliphatic heterocycles. The van der Waals surface area contributed by atoms with E-state index in [1.54, 1.807) is 0 Å². The Hall–Kier alpha value is -4.39. The van der Waals surface area contributed by atoms with Gasteiger partial charge in [-0.15, -0.1) is 0 Å². The van der Waals surface area contributed by atoms with Gasteiger partial charge in [-0.1, -0.05) is 4.48 Å². The van der Waals surface area contributed by atoms with Crippen LogP contribution >= 0.6 is 0 Å². The van der Waals surface area contributed by atoms with Gasteiger partial charge in [0.15, 0.2) is 0 Å². The summed E-state index contributed by atoms with van der Waals surface area (Å²) in [5, 5.41) is 44.8. The van der Waals surface area contributed by atoms with E-state index in [0.717, 1.165) is 0 Å². The van der Waals surface area contributed by atoms with E-state index in [2.05, 4.69) is 0 Å². The van der Waals surface area contributed by atoms with E-state index in [9.17, 15) is 48.3 Å². The molecule has 0 bridgehead atoms. The van der Waals surface area contributed by atoms with Crippen LogP contribution in [0.2, 0.25) is 0 Å². The van der Waals surface area contributed by atoms with E-state index in [0.29, 0.717) is 0 Å². The zero-order chi connectivity index (χ0) is 28.5. The minimum absolute atomic E-state index is 0.126. The summed E-state index contributed by atoms with van der Waals surface area (Å²) in [7, 11) is 0. The predicted octanol–water partition coefficient (Wildman–Crippen LogP) is -4.20. The van der Waals surface area contributed by atoms with Gasteiger partial charge in [0.1, 0.15) is 18.1 Å². The Bertz CT molecular complexity index is 949. The number of amides is 4. The van der Waals surface area contributed by atoms with E-state index in [1.165, 1.54) is 0 Å². The number of quaternary nitrogens is 1. The molecule has 0 aliphatic rings. The maximum Gasteiger partial charge on any atom is 0.361 e. The first-order valence-electron chi connectivity index (χ1n) is 9.54. The smallest absolute Gasteiger partial charge is 0.361 e. The van der Waals surface area contributed by atoms with Gasteiger partial charge in [-0.3, -0.25) is 19.2 Å². The van der Waals surface area contributed by atoms with Gasteiger partial charge >= 0.3 is 53.5 Å². The summed E-state index contributed by atoms with van der Waals surface area (Å²) in [5.41, 5.74) is 15.0. The van der Waals surface area contributed by atoms with Crippen molar-refractivity contribution in [3.05, 3.63) is 11.6 Å². The fourth-order valence-electron chi connectivity index (χ4n) is 2.82. The van der Waals surface area contributed by atoms with Crippen molar-refractivity contribution in [2.45, 2.75) is 43.8 Å². The van der Waals surface area contributed by atoms with Crippen LogP contribution < -0.4 is 17.2 Å². The van der Waals surface area contributed by atoms with Gasteiger partial charge in [-0.05, 0) is 0 Å². The molecule has 0 radical (unpaired) electrons. The first-order valence-corrected chi connectivity index (χ1v) is 9.54. The number of aliphatic carboxylic acids is 5. The van der Waals surface area contributed by atoms with Gasteiger partial charge in [0.2, 0.25) is 0 Å². The van der Waals surface area contributed by atoms with Gasteiger partial charge < -0.3 is 42.7 Å². The fourth-order valence-corrected chi connectivity index (χ4v) is 2.82. The standard InChI is InChI=1S/C18H22N4O14/c19-7(3-12(26)27)15(32)22(16(33)8(20)4-13(28)29,17(34)9(21)5-14(30)31)10(23)1-6(18(35)36)2-11(24)25/h1,7-9H,2-5,19-21H2,(H4-,24,25,26,27,28,29,30,31,35,36)/p+1/t7-,8-,9-/m0/s1. The Balaban J connectivity index is 7.46. The SMILES string of the molecule is N[C@@H](CC(=O)O)C(=O)[N+](C(=O)C=C(CC(=O)O)C(=O)O)(C(=O)[C@@H](N)CC(=O)O)C(=O)[C@@H](N)CC(=O)O. The maximum atomic E-state index is 13.2. The normalized spacial score (nSPS) is 14.1. The Kier molecular flexibility index (Phi) is 11.3. The molecule has 18 heteroatoms. The van der Waals surface area contributed by atoms with Crippen molar-refractivity contribution in [2.24, 2.45) is 17.2 Å². The lowest BCUT2D eigenvalue weighted by Crippen LogP contribution is -2.73. The third kappa shape index (κ3) is 7.84. The van der Waals surface area contributed by atoms with Crippen molar-refractivity contribution >= 4 is 53.5 Å². The largest absolute Gasteiger partial charge is 0.481 e. The lowest BCUT2D eigenvalue weighted by molar-refractivity contribution is -0.627. The van der Waals surface area contributed by atoms with Crippen LogP contribution in [0, 0.1) is 0 Å². The average molecular weight is 519 g/mol. The summed E-state index contributed by atoms with van der Waals surface area (Å²) in [6, 6.07) is -7.10. The molecule has 0 unspecified atom stereocenters. The molecule has 0 heterocycles. The van der Waals surface area contributed by atoms with Crippen LogP contribution in [0.5, 0.6) is 0 Å². The molecule has 0 aromatic rings. The Morgan fingerprint density at radius 3 is 1.11 bits per heavy atom. The van der Waals surface area contributed by atoms with Gasteiger partial charge in [-0.25, -0.2) is 24.0 Å². The van der Waals surface area contributed by atoms with Crippen molar-refractivity contribution in [1.29, 1.82) is 0 Å². The first-order chi connectivity index (χ1) is 16.4. The van der Waals surface area contributed by atoms with Crippen LogP contribution in [0.1, 0.15) is 25.7 Å². The van der Waals surface area contributed by atoms with Crippen LogP contribution in [0.25, 0.3) is 0 Å². The molecule has 18 nitrogen and oxygen atoms in total. The number of rotatable bonds is 13. The van der Waals surface area contributed by atoms with E-state index in [4.69, 9.17) is 37.6 Å². The van der Waals surface area contributed by atoms with E-state index >= 15 is 0 Å².